The maximum Gasteiger partial charge on any atom is 0.0537 e. The summed E-state index contributed by atoms with van der Waals surface area (Å²) in [6, 6.07) is 0.713. The van der Waals surface area contributed by atoms with E-state index in [-0.39, 0.29) is 0 Å². The molecule has 0 aromatic carbocycles. The van der Waals surface area contributed by atoms with Crippen molar-refractivity contribution in [1.29, 1.82) is 0 Å². The van der Waals surface area contributed by atoms with Crippen molar-refractivity contribution in [3.63, 3.8) is 0 Å². The molecule has 2 heterocycles. The number of hydrogen-bond acceptors (Lipinski definition) is 3. The summed E-state index contributed by atoms with van der Waals surface area (Å²) in [5, 5.41) is 7.78. The Bertz CT molecular complexity index is 350. The minimum absolute atomic E-state index is 0.713. The van der Waals surface area contributed by atoms with Gasteiger partial charge in [0.1, 0.15) is 0 Å². The van der Waals surface area contributed by atoms with Crippen molar-refractivity contribution in [1.82, 2.24) is 20.0 Å². The van der Waals surface area contributed by atoms with Crippen LogP contribution < -0.4 is 5.32 Å². The molecule has 0 aliphatic carbocycles. The Morgan fingerprint density at radius 3 is 3.00 bits per heavy atom. The number of nitrogens with zero attached hydrogens (tertiary/aromatic N) is 3. The fourth-order valence-corrected chi connectivity index (χ4v) is 2.54. The van der Waals surface area contributed by atoms with Crippen molar-refractivity contribution in [3.05, 3.63) is 17.5 Å². The molecule has 0 bridgehead atoms. The summed E-state index contributed by atoms with van der Waals surface area (Å²) in [6.07, 6.45) is 5.86. The highest BCUT2D eigenvalue weighted by molar-refractivity contribution is 5.15. The van der Waals surface area contributed by atoms with Gasteiger partial charge in [-0.1, -0.05) is 0 Å². The number of aromatic nitrogens is 2. The van der Waals surface area contributed by atoms with Crippen molar-refractivity contribution < 1.29 is 0 Å². The van der Waals surface area contributed by atoms with E-state index in [2.05, 4.69) is 29.3 Å². The Hall–Kier alpha value is -0.870. The Balaban J connectivity index is 1.95. The van der Waals surface area contributed by atoms with E-state index in [1.807, 2.05) is 17.9 Å². The van der Waals surface area contributed by atoms with Crippen LogP contribution in [0.5, 0.6) is 0 Å². The third kappa shape index (κ3) is 3.07. The molecule has 17 heavy (non-hydrogen) atoms. The molecule has 1 N–H and O–H groups in total. The smallest absolute Gasteiger partial charge is 0.0537 e. The predicted molar refractivity (Wildman–Crippen MR) is 69.9 cm³/mol. The average molecular weight is 236 g/mol. The van der Waals surface area contributed by atoms with E-state index in [4.69, 9.17) is 0 Å². The van der Waals surface area contributed by atoms with Crippen LogP contribution >= 0.6 is 0 Å². The van der Waals surface area contributed by atoms with Gasteiger partial charge in [0.15, 0.2) is 0 Å². The van der Waals surface area contributed by atoms with Crippen LogP contribution in [0.25, 0.3) is 0 Å². The van der Waals surface area contributed by atoms with Gasteiger partial charge in [-0.2, -0.15) is 5.10 Å². The van der Waals surface area contributed by atoms with E-state index >= 15 is 0 Å². The number of hydrogen-bond donors (Lipinski definition) is 1. The topological polar surface area (TPSA) is 33.1 Å². The first-order chi connectivity index (χ1) is 8.18. The van der Waals surface area contributed by atoms with Gasteiger partial charge in [-0.15, -0.1) is 0 Å². The van der Waals surface area contributed by atoms with Gasteiger partial charge in [-0.3, -0.25) is 9.58 Å². The van der Waals surface area contributed by atoms with E-state index in [1.54, 1.807) is 0 Å². The molecule has 1 aromatic heterocycles. The van der Waals surface area contributed by atoms with Crippen LogP contribution in [0.4, 0.5) is 0 Å². The van der Waals surface area contributed by atoms with Gasteiger partial charge in [0.2, 0.25) is 0 Å². The zero-order valence-corrected chi connectivity index (χ0v) is 11.2. The van der Waals surface area contributed by atoms with Crippen molar-refractivity contribution in [2.75, 3.05) is 20.1 Å². The Morgan fingerprint density at radius 1 is 1.47 bits per heavy atom. The van der Waals surface area contributed by atoms with Gasteiger partial charge >= 0.3 is 0 Å². The maximum atomic E-state index is 4.31. The highest BCUT2D eigenvalue weighted by Crippen LogP contribution is 2.16. The largest absolute Gasteiger partial charge is 0.317 e. The fraction of sp³-hybridized carbons (Fsp3) is 0.769. The van der Waals surface area contributed by atoms with Crippen molar-refractivity contribution in [2.24, 2.45) is 7.05 Å². The van der Waals surface area contributed by atoms with Crippen LogP contribution in [0.15, 0.2) is 6.20 Å². The summed E-state index contributed by atoms with van der Waals surface area (Å²) >= 11 is 0. The molecule has 0 radical (unpaired) electrons. The molecule has 4 nitrogen and oxygen atoms in total. The lowest BCUT2D eigenvalue weighted by Gasteiger charge is -2.26. The van der Waals surface area contributed by atoms with Crippen LogP contribution in [-0.2, 0) is 13.6 Å². The lowest BCUT2D eigenvalue weighted by molar-refractivity contribution is 0.216. The van der Waals surface area contributed by atoms with Crippen molar-refractivity contribution in [2.45, 2.75) is 38.8 Å². The molecule has 96 valence electrons. The third-order valence-electron chi connectivity index (χ3n) is 3.93. The van der Waals surface area contributed by atoms with E-state index in [0.29, 0.717) is 6.04 Å². The quantitative estimate of drug-likeness (QED) is 0.859. The van der Waals surface area contributed by atoms with Gasteiger partial charge in [0, 0.05) is 30.9 Å². The zero-order chi connectivity index (χ0) is 12.3. The number of rotatable bonds is 3. The van der Waals surface area contributed by atoms with Crippen LogP contribution in [0.2, 0.25) is 0 Å². The van der Waals surface area contributed by atoms with Gasteiger partial charge < -0.3 is 5.32 Å². The van der Waals surface area contributed by atoms with Gasteiger partial charge in [0.05, 0.1) is 6.20 Å². The Kier molecular flexibility index (Phi) is 4.18. The Labute approximate surface area is 104 Å². The van der Waals surface area contributed by atoms with Gasteiger partial charge in [-0.05, 0) is 46.3 Å². The fourth-order valence-electron chi connectivity index (χ4n) is 2.54. The lowest BCUT2D eigenvalue weighted by Crippen LogP contribution is -2.32. The second-order valence-electron chi connectivity index (χ2n) is 5.13. The first-order valence-corrected chi connectivity index (χ1v) is 6.57. The summed E-state index contributed by atoms with van der Waals surface area (Å²) in [7, 11) is 4.25. The molecule has 0 amide bonds. The second-order valence-corrected chi connectivity index (χ2v) is 5.13. The maximum absolute atomic E-state index is 4.31. The highest BCUT2D eigenvalue weighted by atomic mass is 15.3. The predicted octanol–water partition coefficient (Wildman–Crippen LogP) is 1.30. The van der Waals surface area contributed by atoms with Gasteiger partial charge in [-0.25, -0.2) is 0 Å². The van der Waals surface area contributed by atoms with E-state index in [0.717, 1.165) is 13.1 Å². The zero-order valence-electron chi connectivity index (χ0n) is 11.2. The molecule has 0 saturated carbocycles. The molecule has 1 fully saturated rings. The summed E-state index contributed by atoms with van der Waals surface area (Å²) in [4.78, 5) is 2.48. The Morgan fingerprint density at radius 2 is 2.29 bits per heavy atom. The normalized spacial score (nSPS) is 21.8. The average Bonchev–Trinajstić information content (AvgIpc) is 2.59. The van der Waals surface area contributed by atoms with Crippen LogP contribution in [0, 0.1) is 6.92 Å². The van der Waals surface area contributed by atoms with E-state index < -0.39 is 0 Å². The third-order valence-corrected chi connectivity index (χ3v) is 3.93. The van der Waals surface area contributed by atoms with Crippen LogP contribution in [0.1, 0.15) is 30.5 Å². The lowest BCUT2D eigenvalue weighted by atomic mass is 10.1. The standard InChI is InChI=1S/C13H24N4/c1-11-12(9-15-17(11)3)10-16(2)13-5-4-7-14-8-6-13/h9,13-14H,4-8,10H2,1-3H3. The molecule has 1 aromatic rings. The monoisotopic (exact) mass is 236 g/mol. The minimum atomic E-state index is 0.713. The molecule has 0 spiro atoms. The second kappa shape index (κ2) is 5.65. The molecular weight excluding hydrogens is 212 g/mol. The molecule has 1 atom stereocenters. The van der Waals surface area contributed by atoms with Crippen LogP contribution in [-0.4, -0.2) is 40.9 Å². The van der Waals surface area contributed by atoms with Gasteiger partial charge in [0.25, 0.3) is 0 Å². The SMILES string of the molecule is Cc1c(CN(C)C2CCCNCC2)cnn1C. The minimum Gasteiger partial charge on any atom is -0.317 e. The number of nitrogens with one attached hydrogen (secondary N) is 1. The molecule has 1 aliphatic heterocycles. The van der Waals surface area contributed by atoms with Crippen molar-refractivity contribution in [3.8, 4) is 0 Å². The summed E-state index contributed by atoms with van der Waals surface area (Å²) in [5.74, 6) is 0. The molecule has 1 saturated heterocycles. The highest BCUT2D eigenvalue weighted by Gasteiger charge is 2.18. The summed E-state index contributed by atoms with van der Waals surface area (Å²) < 4.78 is 1.96. The number of aryl methyl sites for hydroxylation is 1. The molecule has 2 rings (SSSR count). The summed E-state index contributed by atoms with van der Waals surface area (Å²) in [6.45, 7) is 5.49. The molecule has 1 aliphatic rings. The summed E-state index contributed by atoms with van der Waals surface area (Å²) in [5.41, 5.74) is 2.64. The van der Waals surface area contributed by atoms with Crippen LogP contribution in [0.3, 0.4) is 0 Å². The molecular formula is C13H24N4. The van der Waals surface area contributed by atoms with Crippen molar-refractivity contribution >= 4 is 0 Å². The van der Waals surface area contributed by atoms with E-state index in [1.165, 1.54) is 37.1 Å². The molecule has 1 unspecified atom stereocenters. The van der Waals surface area contributed by atoms with E-state index in [9.17, 15) is 0 Å². The first kappa shape index (κ1) is 12.6. The first-order valence-electron chi connectivity index (χ1n) is 6.57. The molecule has 4 heteroatoms.